The molecule has 0 atom stereocenters. The van der Waals surface area contributed by atoms with Crippen molar-refractivity contribution < 1.29 is 4.79 Å². The molecule has 0 aromatic rings. The van der Waals surface area contributed by atoms with E-state index in [1.54, 1.807) is 0 Å². The molecule has 0 saturated heterocycles. The molecule has 0 aromatic heterocycles. The molecule has 1 rings (SSSR count). The van der Waals surface area contributed by atoms with Crippen molar-refractivity contribution in [2.24, 2.45) is 54.1 Å². The molecule has 250 valence electrons. The van der Waals surface area contributed by atoms with E-state index in [1.807, 2.05) is 41.5 Å². The summed E-state index contributed by atoms with van der Waals surface area (Å²) in [5.41, 5.74) is 3.32. The summed E-state index contributed by atoms with van der Waals surface area (Å²) in [7, 11) is 0. The third-order valence-corrected chi connectivity index (χ3v) is 9.79. The molecule has 1 saturated carbocycles. The average Bonchev–Trinajstić information content (AvgIpc) is 3.37. The van der Waals surface area contributed by atoms with Crippen molar-refractivity contribution in [3.05, 3.63) is 0 Å². The Morgan fingerprint density at radius 1 is 0.439 bits per heavy atom. The summed E-state index contributed by atoms with van der Waals surface area (Å²) in [5, 5.41) is 0. The molecule has 0 radical (unpaired) electrons. The Bertz CT molecular complexity index is 674. The molecule has 0 spiro atoms. The van der Waals surface area contributed by atoms with Gasteiger partial charge in [-0.15, -0.1) is 0 Å². The Balaban J connectivity index is -0.000000471. The first-order valence-electron chi connectivity index (χ1n) is 16.6. The second-order valence-corrected chi connectivity index (χ2v) is 22.3. The fraction of sp³-hybridized carbons (Fsp3) is 0.975. The highest BCUT2D eigenvalue weighted by molar-refractivity contribution is 5.88. The normalized spacial score (nSPS) is 16.7. The van der Waals surface area contributed by atoms with Gasteiger partial charge in [0.2, 0.25) is 0 Å². The van der Waals surface area contributed by atoms with E-state index in [0.29, 0.717) is 49.1 Å². The first-order chi connectivity index (χ1) is 17.1. The average molecular weight is 581 g/mol. The molecule has 41 heavy (non-hydrogen) atoms. The maximum atomic E-state index is 11.5. The van der Waals surface area contributed by atoms with Crippen LogP contribution in [0.5, 0.6) is 0 Å². The Morgan fingerprint density at radius 2 is 0.659 bits per heavy atom. The van der Waals surface area contributed by atoms with Crippen LogP contribution in [0.25, 0.3) is 0 Å². The number of carbonyl (C=O) groups is 1. The maximum absolute atomic E-state index is 11.5. The molecule has 1 fully saturated rings. The van der Waals surface area contributed by atoms with Gasteiger partial charge in [-0.2, -0.15) is 0 Å². The van der Waals surface area contributed by atoms with Gasteiger partial charge in [0.15, 0.2) is 0 Å². The van der Waals surface area contributed by atoms with E-state index in [9.17, 15) is 4.79 Å². The van der Waals surface area contributed by atoms with E-state index >= 15 is 0 Å². The molecule has 0 aromatic carbocycles. The third kappa shape index (κ3) is 16.4. The lowest BCUT2D eigenvalue weighted by Crippen LogP contribution is -2.41. The van der Waals surface area contributed by atoms with Crippen LogP contribution in [-0.4, -0.2) is 5.78 Å². The highest BCUT2D eigenvalue weighted by Gasteiger charge is 2.58. The zero-order chi connectivity index (χ0) is 34.7. The van der Waals surface area contributed by atoms with Gasteiger partial charge in [-0.3, -0.25) is 4.79 Å². The van der Waals surface area contributed by atoms with Gasteiger partial charge in [0.1, 0.15) is 5.78 Å². The molecule has 0 unspecified atom stereocenters. The number of hydrogen-bond acceptors (Lipinski definition) is 1. The molecule has 0 amide bonds. The van der Waals surface area contributed by atoms with Gasteiger partial charge in [0, 0.05) is 10.8 Å². The summed E-state index contributed by atoms with van der Waals surface area (Å²) in [6.07, 6.45) is 4.15. The van der Waals surface area contributed by atoms with Crippen molar-refractivity contribution in [3.63, 3.8) is 0 Å². The van der Waals surface area contributed by atoms with Crippen molar-refractivity contribution in [3.8, 4) is 0 Å². The lowest BCUT2D eigenvalue weighted by Gasteiger charge is -2.49. The van der Waals surface area contributed by atoms with Gasteiger partial charge in [0.05, 0.1) is 0 Å². The molecule has 0 heterocycles. The van der Waals surface area contributed by atoms with Gasteiger partial charge in [-0.25, -0.2) is 0 Å². The lowest BCUT2D eigenvalue weighted by molar-refractivity contribution is -0.134. The smallest absolute Gasteiger partial charge is 0.143 e. The Labute approximate surface area is 263 Å². The van der Waals surface area contributed by atoms with Crippen molar-refractivity contribution in [1.82, 2.24) is 0 Å². The van der Waals surface area contributed by atoms with Crippen LogP contribution in [0, 0.1) is 54.1 Å². The van der Waals surface area contributed by atoms with Crippen molar-refractivity contribution >= 4 is 5.78 Å². The molecule has 0 aliphatic heterocycles. The minimum Gasteiger partial charge on any atom is -0.299 e. The van der Waals surface area contributed by atoms with E-state index in [1.165, 1.54) is 19.3 Å². The SMILES string of the molecule is CC(C)(C)C(=O)C(C)(C)C.CC(C)(C)C(C)(C)C(C)(C)C.CC(C)(C)C1(C(C)(C)C)CC1.CC(C)(C)CC(C)(C)C. The molecule has 1 nitrogen and oxygen atoms in total. The van der Waals surface area contributed by atoms with Crippen LogP contribution in [0.4, 0.5) is 0 Å². The highest BCUT2D eigenvalue weighted by atomic mass is 16.1. The molecular weight excluding hydrogens is 496 g/mol. The quantitative estimate of drug-likeness (QED) is 0.278. The van der Waals surface area contributed by atoms with Crippen LogP contribution in [0.3, 0.4) is 0 Å². The zero-order valence-electron chi connectivity index (χ0n) is 34.0. The molecule has 1 aliphatic rings. The predicted octanol–water partition coefficient (Wildman–Crippen LogP) is 14.1. The van der Waals surface area contributed by atoms with E-state index < -0.39 is 0 Å². The van der Waals surface area contributed by atoms with E-state index in [0.717, 1.165) is 0 Å². The summed E-state index contributed by atoms with van der Waals surface area (Å²) in [4.78, 5) is 11.5. The summed E-state index contributed by atoms with van der Waals surface area (Å²) < 4.78 is 0. The summed E-state index contributed by atoms with van der Waals surface area (Å²) >= 11 is 0. The molecule has 0 N–H and O–H groups in total. The predicted molar refractivity (Wildman–Crippen MR) is 191 cm³/mol. The fourth-order valence-electron chi connectivity index (χ4n) is 6.59. The van der Waals surface area contributed by atoms with Crippen LogP contribution < -0.4 is 0 Å². The molecule has 1 aliphatic carbocycles. The standard InChI is InChI=1S/C11H22.C11H24.C9H18O.C9H20/c1-9(2,3)11(7-8-11)10(4,5)6;1-9(2,3)11(7,8)10(4,5)6;1-8(2,3)7(10)9(4,5)6;1-8(2,3)7-9(4,5)6/h7-8H2,1-6H3;1-8H3;1-6H3;7H2,1-6H3. The Hall–Kier alpha value is -0.330. The molecule has 1 heteroatoms. The number of hydrogen-bond donors (Lipinski definition) is 0. The minimum atomic E-state index is -0.196. The summed E-state index contributed by atoms with van der Waals surface area (Å²) in [5.74, 6) is 0.319. The number of carbonyl (C=O) groups excluding carboxylic acids is 1. The van der Waals surface area contributed by atoms with E-state index in [2.05, 4.69) is 138 Å². The highest BCUT2D eigenvalue weighted by Crippen LogP contribution is 2.67. The second kappa shape index (κ2) is 13.8. The van der Waals surface area contributed by atoms with Gasteiger partial charge < -0.3 is 0 Å². The van der Waals surface area contributed by atoms with Crippen molar-refractivity contribution in [1.29, 1.82) is 0 Å². The maximum Gasteiger partial charge on any atom is 0.143 e. The van der Waals surface area contributed by atoms with Crippen LogP contribution in [0.2, 0.25) is 0 Å². The van der Waals surface area contributed by atoms with Crippen LogP contribution in [-0.2, 0) is 4.79 Å². The van der Waals surface area contributed by atoms with E-state index in [4.69, 9.17) is 0 Å². The Morgan fingerprint density at radius 3 is 0.659 bits per heavy atom. The number of Topliss-reactive ketones (excluding diaryl/α,β-unsaturated/α-hetero) is 1. The molecular formula is C40H84O. The van der Waals surface area contributed by atoms with Crippen molar-refractivity contribution in [2.75, 3.05) is 0 Å². The van der Waals surface area contributed by atoms with Crippen LogP contribution >= 0.6 is 0 Å². The molecule has 0 bridgehead atoms. The van der Waals surface area contributed by atoms with Gasteiger partial charge in [-0.1, -0.05) is 180 Å². The minimum absolute atomic E-state index is 0.196. The van der Waals surface area contributed by atoms with E-state index in [-0.39, 0.29) is 10.8 Å². The van der Waals surface area contributed by atoms with Gasteiger partial charge >= 0.3 is 0 Å². The summed E-state index contributed by atoms with van der Waals surface area (Å²) in [6.45, 7) is 58.4. The topological polar surface area (TPSA) is 17.1 Å². The first-order valence-corrected chi connectivity index (χ1v) is 16.6. The number of rotatable bonds is 0. The largest absolute Gasteiger partial charge is 0.299 e. The monoisotopic (exact) mass is 581 g/mol. The van der Waals surface area contributed by atoms with Gasteiger partial charge in [0.25, 0.3) is 0 Å². The van der Waals surface area contributed by atoms with Crippen LogP contribution in [0.15, 0.2) is 0 Å². The van der Waals surface area contributed by atoms with Crippen molar-refractivity contribution in [2.45, 2.75) is 199 Å². The Kier molecular flexibility index (Phi) is 15.1. The van der Waals surface area contributed by atoms with Gasteiger partial charge in [-0.05, 0) is 62.6 Å². The van der Waals surface area contributed by atoms with Crippen LogP contribution in [0.1, 0.15) is 199 Å². The zero-order valence-corrected chi connectivity index (χ0v) is 34.0. The lowest BCUT2D eigenvalue weighted by atomic mass is 9.56. The number of ketones is 1. The fourth-order valence-corrected chi connectivity index (χ4v) is 6.59. The summed E-state index contributed by atoms with van der Waals surface area (Å²) in [6, 6.07) is 0. The second-order valence-electron chi connectivity index (χ2n) is 22.3. The first kappa shape index (κ1) is 45.1. The third-order valence-electron chi connectivity index (χ3n) is 9.79.